The van der Waals surface area contributed by atoms with Crippen molar-refractivity contribution in [3.8, 4) is 0 Å². The van der Waals surface area contributed by atoms with E-state index in [9.17, 15) is 0 Å². The molecule has 3 rings (SSSR count). The largest absolute Gasteiger partial charge is 0.337 e. The number of benzene rings is 1. The molecule has 1 atom stereocenters. The fourth-order valence-corrected chi connectivity index (χ4v) is 3.34. The highest BCUT2D eigenvalue weighted by molar-refractivity contribution is 5.48. The number of hydrogen-bond acceptors (Lipinski definition) is 2. The molecule has 0 radical (unpaired) electrons. The number of imidazole rings is 1. The molecule has 1 aromatic carbocycles. The molecule has 0 bridgehead atoms. The van der Waals surface area contributed by atoms with Crippen LogP contribution in [0.15, 0.2) is 55.1 Å². The third-order valence-corrected chi connectivity index (χ3v) is 4.60. The van der Waals surface area contributed by atoms with Crippen molar-refractivity contribution in [3.63, 3.8) is 0 Å². The molecule has 1 aliphatic heterocycles. The number of aromatic nitrogens is 2. The van der Waals surface area contributed by atoms with E-state index in [1.165, 1.54) is 18.4 Å². The van der Waals surface area contributed by atoms with Gasteiger partial charge in [0.05, 0.1) is 6.33 Å². The molecule has 0 saturated carbocycles. The number of hydrogen-bond donors (Lipinski definition) is 1. The zero-order chi connectivity index (χ0) is 15.0. The highest BCUT2D eigenvalue weighted by Crippen LogP contribution is 2.27. The van der Waals surface area contributed by atoms with Crippen LogP contribution >= 0.6 is 0 Å². The van der Waals surface area contributed by atoms with Crippen LogP contribution in [-0.2, 0) is 6.54 Å². The van der Waals surface area contributed by atoms with Crippen molar-refractivity contribution >= 4 is 6.08 Å². The first-order valence-corrected chi connectivity index (χ1v) is 8.30. The Morgan fingerprint density at radius 1 is 1.23 bits per heavy atom. The fourth-order valence-electron chi connectivity index (χ4n) is 3.34. The van der Waals surface area contributed by atoms with Gasteiger partial charge in [-0.15, -0.1) is 0 Å². The minimum Gasteiger partial charge on any atom is -0.337 e. The first-order chi connectivity index (χ1) is 10.9. The van der Waals surface area contributed by atoms with E-state index in [4.69, 9.17) is 0 Å². The van der Waals surface area contributed by atoms with Crippen LogP contribution in [0.25, 0.3) is 6.08 Å². The number of piperidine rings is 1. The second-order valence-corrected chi connectivity index (χ2v) is 6.16. The molecule has 116 valence electrons. The van der Waals surface area contributed by atoms with Crippen LogP contribution in [0, 0.1) is 11.8 Å². The lowest BCUT2D eigenvalue weighted by Crippen LogP contribution is -2.33. The number of nitrogens with zero attached hydrogens (tertiary/aromatic N) is 2. The molecule has 3 nitrogen and oxygen atoms in total. The minimum atomic E-state index is 0.691. The summed E-state index contributed by atoms with van der Waals surface area (Å²) in [6.45, 7) is 3.39. The van der Waals surface area contributed by atoms with E-state index < -0.39 is 0 Å². The Kier molecular flexibility index (Phi) is 5.43. The molecule has 2 heterocycles. The fraction of sp³-hybridized carbons (Fsp3) is 0.421. The van der Waals surface area contributed by atoms with Gasteiger partial charge in [0.2, 0.25) is 0 Å². The number of rotatable bonds is 6. The molecule has 1 fully saturated rings. The maximum atomic E-state index is 4.18. The van der Waals surface area contributed by atoms with Gasteiger partial charge >= 0.3 is 0 Å². The van der Waals surface area contributed by atoms with Crippen molar-refractivity contribution < 1.29 is 0 Å². The van der Waals surface area contributed by atoms with Crippen LogP contribution in [0.4, 0.5) is 0 Å². The molecule has 1 N–H and O–H groups in total. The third-order valence-electron chi connectivity index (χ3n) is 4.60. The molecule has 1 aliphatic rings. The van der Waals surface area contributed by atoms with E-state index in [-0.39, 0.29) is 0 Å². The summed E-state index contributed by atoms with van der Waals surface area (Å²) in [5.41, 5.74) is 1.29. The van der Waals surface area contributed by atoms with E-state index in [0.717, 1.165) is 32.0 Å². The first kappa shape index (κ1) is 15.0. The lowest BCUT2D eigenvalue weighted by atomic mass is 9.82. The maximum Gasteiger partial charge on any atom is 0.0946 e. The molecule has 3 heteroatoms. The summed E-state index contributed by atoms with van der Waals surface area (Å²) in [5.74, 6) is 1.50. The molecule has 22 heavy (non-hydrogen) atoms. The Bertz CT molecular complexity index is 554. The van der Waals surface area contributed by atoms with E-state index in [1.54, 1.807) is 0 Å². The van der Waals surface area contributed by atoms with Gasteiger partial charge in [0.15, 0.2) is 0 Å². The van der Waals surface area contributed by atoms with Crippen LogP contribution in [0.2, 0.25) is 0 Å². The van der Waals surface area contributed by atoms with Gasteiger partial charge in [0.1, 0.15) is 0 Å². The Balaban J connectivity index is 1.63. The lowest BCUT2D eigenvalue weighted by molar-refractivity contribution is 0.236. The summed E-state index contributed by atoms with van der Waals surface area (Å²) in [6, 6.07) is 10.6. The molecule has 2 aromatic rings. The summed E-state index contributed by atoms with van der Waals surface area (Å²) < 4.78 is 2.23. The van der Waals surface area contributed by atoms with Crippen LogP contribution in [0.5, 0.6) is 0 Å². The molecule has 0 aliphatic carbocycles. The molecular weight excluding hydrogens is 270 g/mol. The summed E-state index contributed by atoms with van der Waals surface area (Å²) in [4.78, 5) is 4.18. The Hall–Kier alpha value is -1.87. The van der Waals surface area contributed by atoms with Gasteiger partial charge in [-0.3, -0.25) is 0 Å². The Morgan fingerprint density at radius 2 is 2.05 bits per heavy atom. The maximum absolute atomic E-state index is 4.18. The quantitative estimate of drug-likeness (QED) is 0.882. The monoisotopic (exact) mass is 295 g/mol. The summed E-state index contributed by atoms with van der Waals surface area (Å²) >= 11 is 0. The standard InChI is InChI=1S/C19H25N3/c1-2-5-17(6-3-1)7-4-8-19(15-22-14-13-21-16-22)18-9-11-20-12-10-18/h1-7,13-14,16,18-20H,8-12,15H2. The first-order valence-electron chi connectivity index (χ1n) is 8.30. The average Bonchev–Trinajstić information content (AvgIpc) is 3.09. The van der Waals surface area contributed by atoms with Crippen LogP contribution in [0.1, 0.15) is 24.8 Å². The van der Waals surface area contributed by atoms with E-state index >= 15 is 0 Å². The Labute approximate surface area is 133 Å². The molecule has 1 saturated heterocycles. The van der Waals surface area contributed by atoms with Gasteiger partial charge in [-0.2, -0.15) is 0 Å². The molecular formula is C19H25N3. The second kappa shape index (κ2) is 7.95. The van der Waals surface area contributed by atoms with E-state index in [0.29, 0.717) is 5.92 Å². The summed E-state index contributed by atoms with van der Waals surface area (Å²) in [6.07, 6.45) is 14.2. The van der Waals surface area contributed by atoms with Gasteiger partial charge in [-0.25, -0.2) is 4.98 Å². The van der Waals surface area contributed by atoms with Crippen molar-refractivity contribution in [1.82, 2.24) is 14.9 Å². The zero-order valence-corrected chi connectivity index (χ0v) is 13.1. The van der Waals surface area contributed by atoms with Crippen molar-refractivity contribution in [2.45, 2.75) is 25.8 Å². The number of nitrogens with one attached hydrogen (secondary N) is 1. The van der Waals surface area contributed by atoms with Gasteiger partial charge in [0.25, 0.3) is 0 Å². The van der Waals surface area contributed by atoms with Crippen molar-refractivity contribution in [1.29, 1.82) is 0 Å². The van der Waals surface area contributed by atoms with Gasteiger partial charge in [0, 0.05) is 18.9 Å². The third kappa shape index (κ3) is 4.31. The molecule has 1 aromatic heterocycles. The number of allylic oxidation sites excluding steroid dienone is 1. The van der Waals surface area contributed by atoms with Crippen molar-refractivity contribution in [3.05, 3.63) is 60.7 Å². The SMILES string of the molecule is C(=Cc1ccccc1)CC(Cn1ccnc1)C1CCNCC1. The average molecular weight is 295 g/mol. The molecule has 0 spiro atoms. The summed E-state index contributed by atoms with van der Waals surface area (Å²) in [5, 5.41) is 3.47. The molecule has 1 unspecified atom stereocenters. The smallest absolute Gasteiger partial charge is 0.0946 e. The van der Waals surface area contributed by atoms with Crippen molar-refractivity contribution in [2.75, 3.05) is 13.1 Å². The summed E-state index contributed by atoms with van der Waals surface area (Å²) in [7, 11) is 0. The van der Waals surface area contributed by atoms with E-state index in [2.05, 4.69) is 63.5 Å². The minimum absolute atomic E-state index is 0.691. The van der Waals surface area contributed by atoms with Crippen LogP contribution < -0.4 is 5.32 Å². The Morgan fingerprint density at radius 3 is 2.77 bits per heavy atom. The predicted molar refractivity (Wildman–Crippen MR) is 91.4 cm³/mol. The van der Waals surface area contributed by atoms with Gasteiger partial charge in [-0.05, 0) is 49.8 Å². The molecule has 0 amide bonds. The highest BCUT2D eigenvalue weighted by atomic mass is 15.0. The second-order valence-electron chi connectivity index (χ2n) is 6.16. The van der Waals surface area contributed by atoms with Crippen LogP contribution in [0.3, 0.4) is 0 Å². The topological polar surface area (TPSA) is 29.9 Å². The van der Waals surface area contributed by atoms with Crippen molar-refractivity contribution in [2.24, 2.45) is 11.8 Å². The van der Waals surface area contributed by atoms with Crippen LogP contribution in [-0.4, -0.2) is 22.6 Å². The predicted octanol–water partition coefficient (Wildman–Crippen LogP) is 3.60. The van der Waals surface area contributed by atoms with E-state index in [1.807, 2.05) is 12.5 Å². The lowest BCUT2D eigenvalue weighted by Gasteiger charge is -2.30. The zero-order valence-electron chi connectivity index (χ0n) is 13.1. The van der Waals surface area contributed by atoms with Gasteiger partial charge < -0.3 is 9.88 Å². The normalized spacial score (nSPS) is 17.8. The highest BCUT2D eigenvalue weighted by Gasteiger charge is 2.22. The van der Waals surface area contributed by atoms with Gasteiger partial charge in [-0.1, -0.05) is 42.5 Å².